The molecule has 7 heteroatoms. The maximum atomic E-state index is 11.9. The number of piperidine rings is 1. The monoisotopic (exact) mass is 284 g/mol. The molecule has 7 nitrogen and oxygen atoms in total. The molecule has 0 aliphatic carbocycles. The quantitative estimate of drug-likeness (QED) is 0.719. The topological polar surface area (TPSA) is 87.9 Å². The molecule has 2 heterocycles. The van der Waals surface area contributed by atoms with Crippen molar-refractivity contribution in [3.05, 3.63) is 0 Å². The molecule has 0 bridgehead atoms. The molecule has 2 rings (SSSR count). The zero-order valence-electron chi connectivity index (χ0n) is 11.8. The summed E-state index contributed by atoms with van der Waals surface area (Å²) in [6.45, 7) is 4.79. The average molecular weight is 284 g/mol. The van der Waals surface area contributed by atoms with Gasteiger partial charge in [0.15, 0.2) is 0 Å². The highest BCUT2D eigenvalue weighted by Gasteiger charge is 2.21. The number of likely N-dealkylation sites (tertiary alicyclic amines) is 1. The first-order chi connectivity index (χ1) is 9.66. The van der Waals surface area contributed by atoms with Gasteiger partial charge in [0.2, 0.25) is 5.91 Å². The minimum Gasteiger partial charge on any atom is -0.378 e. The first kappa shape index (κ1) is 15.1. The van der Waals surface area contributed by atoms with Crippen LogP contribution in [0.25, 0.3) is 0 Å². The van der Waals surface area contributed by atoms with Crippen LogP contribution in [0, 0.1) is 0 Å². The van der Waals surface area contributed by atoms with Crippen LogP contribution in [0.4, 0.5) is 4.79 Å². The highest BCUT2D eigenvalue weighted by Crippen LogP contribution is 2.10. The molecule has 114 valence electrons. The van der Waals surface area contributed by atoms with Crippen molar-refractivity contribution in [3.8, 4) is 0 Å². The van der Waals surface area contributed by atoms with Crippen LogP contribution in [0.1, 0.15) is 19.3 Å². The molecule has 2 saturated heterocycles. The zero-order valence-corrected chi connectivity index (χ0v) is 11.8. The summed E-state index contributed by atoms with van der Waals surface area (Å²) in [6.07, 6.45) is 2.32. The van der Waals surface area contributed by atoms with E-state index in [1.54, 1.807) is 4.90 Å². The number of hydrogen-bond donors (Lipinski definition) is 2. The van der Waals surface area contributed by atoms with Crippen molar-refractivity contribution >= 4 is 11.9 Å². The summed E-state index contributed by atoms with van der Waals surface area (Å²) >= 11 is 0. The van der Waals surface area contributed by atoms with Crippen molar-refractivity contribution < 1.29 is 14.3 Å². The van der Waals surface area contributed by atoms with Gasteiger partial charge in [-0.15, -0.1) is 0 Å². The molecule has 2 aliphatic heterocycles. The minimum absolute atomic E-state index is 0.190. The summed E-state index contributed by atoms with van der Waals surface area (Å²) in [6, 6.07) is 0.0361. The van der Waals surface area contributed by atoms with Gasteiger partial charge in [-0.2, -0.15) is 0 Å². The fourth-order valence-corrected chi connectivity index (χ4v) is 2.66. The van der Waals surface area contributed by atoms with Gasteiger partial charge in [0, 0.05) is 45.2 Å². The molecule has 0 spiro atoms. The predicted molar refractivity (Wildman–Crippen MR) is 74.2 cm³/mol. The third-order valence-corrected chi connectivity index (χ3v) is 3.94. The van der Waals surface area contributed by atoms with E-state index < -0.39 is 0 Å². The number of nitrogens with one attached hydrogen (secondary N) is 1. The Kier molecular flexibility index (Phi) is 5.60. The van der Waals surface area contributed by atoms with E-state index in [1.807, 2.05) is 4.90 Å². The number of amides is 3. The summed E-state index contributed by atoms with van der Waals surface area (Å²) in [5.74, 6) is 0.190. The number of nitrogens with two attached hydrogens (primary N) is 1. The van der Waals surface area contributed by atoms with E-state index in [4.69, 9.17) is 10.5 Å². The fraction of sp³-hybridized carbons (Fsp3) is 0.846. The number of urea groups is 1. The van der Waals surface area contributed by atoms with Crippen molar-refractivity contribution in [1.29, 1.82) is 0 Å². The lowest BCUT2D eigenvalue weighted by molar-refractivity contribution is -0.135. The van der Waals surface area contributed by atoms with Crippen molar-refractivity contribution in [2.75, 3.05) is 45.9 Å². The molecule has 0 unspecified atom stereocenters. The lowest BCUT2D eigenvalue weighted by Crippen LogP contribution is -2.47. The van der Waals surface area contributed by atoms with E-state index in [9.17, 15) is 9.59 Å². The molecule has 2 fully saturated rings. The SMILES string of the molecule is NC(=O)N1CCC(NCCC(=O)N2CCOCC2)CC1. The van der Waals surface area contributed by atoms with E-state index in [-0.39, 0.29) is 11.9 Å². The van der Waals surface area contributed by atoms with Crippen molar-refractivity contribution in [3.63, 3.8) is 0 Å². The molecule has 20 heavy (non-hydrogen) atoms. The second kappa shape index (κ2) is 7.44. The number of rotatable bonds is 4. The highest BCUT2D eigenvalue weighted by molar-refractivity contribution is 5.76. The second-order valence-corrected chi connectivity index (χ2v) is 5.30. The third kappa shape index (κ3) is 4.35. The van der Waals surface area contributed by atoms with Crippen LogP contribution in [0.15, 0.2) is 0 Å². The van der Waals surface area contributed by atoms with Crippen LogP contribution in [-0.2, 0) is 9.53 Å². The Morgan fingerprint density at radius 3 is 2.35 bits per heavy atom. The first-order valence-corrected chi connectivity index (χ1v) is 7.30. The van der Waals surface area contributed by atoms with E-state index in [0.717, 1.165) is 12.8 Å². The third-order valence-electron chi connectivity index (χ3n) is 3.94. The Labute approximate surface area is 119 Å². The number of ether oxygens (including phenoxy) is 1. The summed E-state index contributed by atoms with van der Waals surface area (Å²) in [4.78, 5) is 26.5. The molecule has 0 radical (unpaired) electrons. The average Bonchev–Trinajstić information content (AvgIpc) is 2.48. The standard InChI is InChI=1S/C13H24N4O3/c14-13(19)17-5-2-11(3-6-17)15-4-1-12(18)16-7-9-20-10-8-16/h11,15H,1-10H2,(H2,14,19). The molecule has 0 aromatic rings. The lowest BCUT2D eigenvalue weighted by atomic mass is 10.1. The fourth-order valence-electron chi connectivity index (χ4n) is 2.66. The second-order valence-electron chi connectivity index (χ2n) is 5.30. The van der Waals surface area contributed by atoms with E-state index in [0.29, 0.717) is 58.4 Å². The Hall–Kier alpha value is -1.34. The molecule has 0 aromatic heterocycles. The predicted octanol–water partition coefficient (Wildman–Crippen LogP) is -0.632. The number of carbonyl (C=O) groups excluding carboxylic acids is 2. The van der Waals surface area contributed by atoms with Crippen molar-refractivity contribution in [1.82, 2.24) is 15.1 Å². The molecule has 0 aromatic carbocycles. The van der Waals surface area contributed by atoms with Gasteiger partial charge in [-0.25, -0.2) is 4.79 Å². The number of primary amides is 1. The van der Waals surface area contributed by atoms with Gasteiger partial charge < -0.3 is 25.6 Å². The summed E-state index contributed by atoms with van der Waals surface area (Å²) in [5.41, 5.74) is 5.24. The maximum absolute atomic E-state index is 11.9. The summed E-state index contributed by atoms with van der Waals surface area (Å²) < 4.78 is 5.23. The van der Waals surface area contributed by atoms with Gasteiger partial charge in [-0.1, -0.05) is 0 Å². The first-order valence-electron chi connectivity index (χ1n) is 7.30. The molecule has 0 saturated carbocycles. The lowest BCUT2D eigenvalue weighted by Gasteiger charge is -2.31. The van der Waals surface area contributed by atoms with Crippen LogP contribution in [0.3, 0.4) is 0 Å². The van der Waals surface area contributed by atoms with Crippen LogP contribution >= 0.6 is 0 Å². The van der Waals surface area contributed by atoms with Gasteiger partial charge in [-0.3, -0.25) is 4.79 Å². The Morgan fingerprint density at radius 1 is 1.10 bits per heavy atom. The maximum Gasteiger partial charge on any atom is 0.314 e. The van der Waals surface area contributed by atoms with Crippen molar-refractivity contribution in [2.45, 2.75) is 25.3 Å². The van der Waals surface area contributed by atoms with Crippen LogP contribution in [-0.4, -0.2) is 73.7 Å². The van der Waals surface area contributed by atoms with E-state index in [2.05, 4.69) is 5.32 Å². The molecule has 0 atom stereocenters. The zero-order chi connectivity index (χ0) is 14.4. The number of morpholine rings is 1. The Bertz CT molecular complexity index is 337. The van der Waals surface area contributed by atoms with Crippen LogP contribution in [0.2, 0.25) is 0 Å². The Morgan fingerprint density at radius 2 is 1.75 bits per heavy atom. The van der Waals surface area contributed by atoms with Crippen LogP contribution < -0.4 is 11.1 Å². The molecule has 2 aliphatic rings. The number of nitrogens with zero attached hydrogens (tertiary/aromatic N) is 2. The summed E-state index contributed by atoms with van der Waals surface area (Å²) in [5, 5.41) is 3.39. The Balaban J connectivity index is 1.59. The van der Waals surface area contributed by atoms with Crippen molar-refractivity contribution in [2.24, 2.45) is 5.73 Å². The minimum atomic E-state index is -0.342. The van der Waals surface area contributed by atoms with Gasteiger partial charge >= 0.3 is 6.03 Å². The van der Waals surface area contributed by atoms with Gasteiger partial charge in [-0.05, 0) is 12.8 Å². The van der Waals surface area contributed by atoms with Gasteiger partial charge in [0.25, 0.3) is 0 Å². The smallest absolute Gasteiger partial charge is 0.314 e. The normalized spacial score (nSPS) is 21.0. The molecule has 3 amide bonds. The number of carbonyl (C=O) groups is 2. The molecular formula is C13H24N4O3. The van der Waals surface area contributed by atoms with E-state index >= 15 is 0 Å². The highest BCUT2D eigenvalue weighted by atomic mass is 16.5. The van der Waals surface area contributed by atoms with Gasteiger partial charge in [0.1, 0.15) is 0 Å². The number of hydrogen-bond acceptors (Lipinski definition) is 4. The van der Waals surface area contributed by atoms with E-state index in [1.165, 1.54) is 0 Å². The van der Waals surface area contributed by atoms with Gasteiger partial charge in [0.05, 0.1) is 13.2 Å². The largest absolute Gasteiger partial charge is 0.378 e. The summed E-state index contributed by atoms with van der Waals surface area (Å²) in [7, 11) is 0. The van der Waals surface area contributed by atoms with Crippen LogP contribution in [0.5, 0.6) is 0 Å². The molecule has 3 N–H and O–H groups in total. The molecular weight excluding hydrogens is 260 g/mol.